The van der Waals surface area contributed by atoms with E-state index < -0.39 is 0 Å². The Kier molecular flexibility index (Phi) is 2.18. The third-order valence-corrected chi connectivity index (χ3v) is 2.38. The van der Waals surface area contributed by atoms with Crippen molar-refractivity contribution in [1.29, 1.82) is 0 Å². The Morgan fingerprint density at radius 2 is 1.77 bits per heavy atom. The summed E-state index contributed by atoms with van der Waals surface area (Å²) < 4.78 is 0. The molecule has 0 N–H and O–H groups in total. The van der Waals surface area contributed by atoms with Gasteiger partial charge < -0.3 is 0 Å². The zero-order chi connectivity index (χ0) is 9.10. The Balaban J connectivity index is 2.48. The lowest BCUT2D eigenvalue weighted by Gasteiger charge is -1.99. The van der Waals surface area contributed by atoms with Crippen LogP contribution in [0, 0.1) is 0 Å². The molecule has 3 heteroatoms. The van der Waals surface area contributed by atoms with Gasteiger partial charge in [-0.15, -0.1) is 0 Å². The quantitative estimate of drug-likeness (QED) is 0.592. The molecule has 1 heterocycles. The highest BCUT2D eigenvalue weighted by Crippen LogP contribution is 2.10. The second kappa shape index (κ2) is 3.49. The second-order valence-corrected chi connectivity index (χ2v) is 3.91. The van der Waals surface area contributed by atoms with Gasteiger partial charge in [0, 0.05) is 17.1 Å². The first-order chi connectivity index (χ1) is 6.36. The lowest BCUT2D eigenvalue weighted by Crippen LogP contribution is -2.09. The van der Waals surface area contributed by atoms with Gasteiger partial charge in [-0.25, -0.2) is 9.97 Å². The Labute approximate surface area is 80.1 Å². The van der Waals surface area contributed by atoms with Gasteiger partial charge in [0.2, 0.25) is 0 Å². The maximum Gasteiger partial charge on any atom is 0.158 e. The Bertz CT molecular complexity index is 401. The highest BCUT2D eigenvalue weighted by Gasteiger charge is 1.97. The van der Waals surface area contributed by atoms with Gasteiger partial charge in [0.25, 0.3) is 0 Å². The average molecular weight is 186 g/mol. The molecule has 2 nitrogen and oxygen atoms in total. The molecular weight excluding hydrogens is 176 g/mol. The summed E-state index contributed by atoms with van der Waals surface area (Å²) >= 11 is 0. The molecule has 0 radical (unpaired) electrons. The van der Waals surface area contributed by atoms with Crippen molar-refractivity contribution in [3.63, 3.8) is 0 Å². The van der Waals surface area contributed by atoms with Crippen LogP contribution in [0.25, 0.3) is 11.4 Å². The van der Waals surface area contributed by atoms with Gasteiger partial charge in [0.15, 0.2) is 5.82 Å². The molecule has 0 saturated carbocycles. The van der Waals surface area contributed by atoms with Crippen LogP contribution in [0.2, 0.25) is 0 Å². The fourth-order valence-electron chi connectivity index (χ4n) is 1.18. The standard InChI is InChI=1S/C10H10N2Si/c13-9-6-7-11-10(12-9)8-4-2-1-3-5-8/h1-7H,13H3. The van der Waals surface area contributed by atoms with Crippen LogP contribution in [-0.2, 0) is 0 Å². The van der Waals surface area contributed by atoms with E-state index in [0.717, 1.165) is 26.9 Å². The molecule has 2 aromatic rings. The van der Waals surface area contributed by atoms with Crippen LogP contribution in [0.15, 0.2) is 42.6 Å². The molecule has 0 atom stereocenters. The van der Waals surface area contributed by atoms with E-state index in [1.54, 1.807) is 0 Å². The number of aromatic nitrogens is 2. The van der Waals surface area contributed by atoms with Gasteiger partial charge in [-0.3, -0.25) is 0 Å². The van der Waals surface area contributed by atoms with Crippen LogP contribution in [-0.4, -0.2) is 20.2 Å². The summed E-state index contributed by atoms with van der Waals surface area (Å²) in [6.07, 6.45) is 1.82. The van der Waals surface area contributed by atoms with E-state index in [0.29, 0.717) is 0 Å². The molecule has 13 heavy (non-hydrogen) atoms. The van der Waals surface area contributed by atoms with Gasteiger partial charge in [0.05, 0.1) is 10.2 Å². The highest BCUT2D eigenvalue weighted by atomic mass is 28.1. The van der Waals surface area contributed by atoms with Crippen molar-refractivity contribution < 1.29 is 0 Å². The summed E-state index contributed by atoms with van der Waals surface area (Å²) in [7, 11) is 0.972. The molecule has 0 aliphatic carbocycles. The summed E-state index contributed by atoms with van der Waals surface area (Å²) in [5.41, 5.74) is 1.08. The van der Waals surface area contributed by atoms with Crippen LogP contribution < -0.4 is 5.32 Å². The first-order valence-electron chi connectivity index (χ1n) is 4.21. The smallest absolute Gasteiger partial charge is 0.158 e. The molecule has 0 unspecified atom stereocenters. The molecule has 2 rings (SSSR count). The Morgan fingerprint density at radius 1 is 1.00 bits per heavy atom. The van der Waals surface area contributed by atoms with Crippen LogP contribution >= 0.6 is 0 Å². The largest absolute Gasteiger partial charge is 0.239 e. The fourth-order valence-corrected chi connectivity index (χ4v) is 1.54. The minimum atomic E-state index is 0.827. The lowest BCUT2D eigenvalue weighted by atomic mass is 10.2. The van der Waals surface area contributed by atoms with Gasteiger partial charge in [0.1, 0.15) is 0 Å². The van der Waals surface area contributed by atoms with Gasteiger partial charge in [-0.1, -0.05) is 30.3 Å². The number of hydrogen-bond acceptors (Lipinski definition) is 2. The summed E-state index contributed by atoms with van der Waals surface area (Å²) in [6.45, 7) is 0. The maximum absolute atomic E-state index is 4.39. The molecule has 1 aromatic carbocycles. The van der Waals surface area contributed by atoms with Gasteiger partial charge in [-0.2, -0.15) is 0 Å². The van der Waals surface area contributed by atoms with E-state index >= 15 is 0 Å². The Morgan fingerprint density at radius 3 is 2.46 bits per heavy atom. The minimum Gasteiger partial charge on any atom is -0.239 e. The number of hydrogen-bond donors (Lipinski definition) is 0. The number of benzene rings is 1. The maximum atomic E-state index is 4.39. The van der Waals surface area contributed by atoms with Gasteiger partial charge in [-0.05, 0) is 6.07 Å². The van der Waals surface area contributed by atoms with Crippen molar-refractivity contribution >= 4 is 15.6 Å². The monoisotopic (exact) mass is 186 g/mol. The number of rotatable bonds is 1. The van der Waals surface area contributed by atoms with E-state index in [9.17, 15) is 0 Å². The van der Waals surface area contributed by atoms with E-state index in [4.69, 9.17) is 0 Å². The van der Waals surface area contributed by atoms with Crippen molar-refractivity contribution in [2.24, 2.45) is 0 Å². The molecule has 0 spiro atoms. The molecule has 1 aromatic heterocycles. The van der Waals surface area contributed by atoms with Crippen LogP contribution in [0.3, 0.4) is 0 Å². The second-order valence-electron chi connectivity index (χ2n) is 2.89. The van der Waals surface area contributed by atoms with Crippen molar-refractivity contribution in [3.8, 4) is 11.4 Å². The van der Waals surface area contributed by atoms with Crippen LogP contribution in [0.4, 0.5) is 0 Å². The van der Waals surface area contributed by atoms with E-state index in [2.05, 4.69) is 9.97 Å². The van der Waals surface area contributed by atoms with Crippen molar-refractivity contribution in [3.05, 3.63) is 42.6 Å². The highest BCUT2D eigenvalue weighted by molar-refractivity contribution is 6.30. The lowest BCUT2D eigenvalue weighted by molar-refractivity contribution is 1.21. The molecular formula is C10H10N2Si. The molecule has 0 aliphatic rings. The summed E-state index contributed by atoms with van der Waals surface area (Å²) in [4.78, 5) is 8.61. The molecule has 64 valence electrons. The number of nitrogens with zero attached hydrogens (tertiary/aromatic N) is 2. The van der Waals surface area contributed by atoms with Crippen molar-refractivity contribution in [1.82, 2.24) is 9.97 Å². The van der Waals surface area contributed by atoms with E-state index in [1.165, 1.54) is 0 Å². The molecule has 0 amide bonds. The average Bonchev–Trinajstić information content (AvgIpc) is 2.19. The Hall–Kier alpha value is -1.48. The summed E-state index contributed by atoms with van der Waals surface area (Å²) in [5.74, 6) is 0.827. The predicted molar refractivity (Wildman–Crippen MR) is 57.0 cm³/mol. The zero-order valence-electron chi connectivity index (χ0n) is 7.44. The first kappa shape index (κ1) is 8.13. The molecule has 0 bridgehead atoms. The normalized spacial score (nSPS) is 10.2. The molecule has 0 saturated heterocycles. The predicted octanol–water partition coefficient (Wildman–Crippen LogP) is 0.134. The van der Waals surface area contributed by atoms with E-state index in [1.807, 2.05) is 42.6 Å². The summed E-state index contributed by atoms with van der Waals surface area (Å²) in [5, 5.41) is 1.13. The van der Waals surface area contributed by atoms with Crippen LogP contribution in [0.1, 0.15) is 0 Å². The van der Waals surface area contributed by atoms with Crippen molar-refractivity contribution in [2.45, 2.75) is 0 Å². The minimum absolute atomic E-state index is 0.827. The van der Waals surface area contributed by atoms with Gasteiger partial charge >= 0.3 is 0 Å². The third kappa shape index (κ3) is 1.81. The first-order valence-corrected chi connectivity index (χ1v) is 5.21. The zero-order valence-corrected chi connectivity index (χ0v) is 9.44. The van der Waals surface area contributed by atoms with Crippen LogP contribution in [0.5, 0.6) is 0 Å². The topological polar surface area (TPSA) is 25.8 Å². The molecule has 0 aliphatic heterocycles. The van der Waals surface area contributed by atoms with E-state index in [-0.39, 0.29) is 0 Å². The summed E-state index contributed by atoms with van der Waals surface area (Å²) in [6, 6.07) is 12.0. The van der Waals surface area contributed by atoms with Crippen molar-refractivity contribution in [2.75, 3.05) is 0 Å². The molecule has 0 fully saturated rings. The fraction of sp³-hybridized carbons (Fsp3) is 0. The third-order valence-electron chi connectivity index (χ3n) is 1.83. The SMILES string of the molecule is [SiH3]c1ccnc(-c2ccccc2)n1.